The molecule has 0 aromatic rings. The smallest absolute Gasteiger partial charge is 0.225 e. The van der Waals surface area contributed by atoms with E-state index in [1.807, 2.05) is 18.7 Å². The van der Waals surface area contributed by atoms with Gasteiger partial charge in [-0.25, -0.2) is 0 Å². The molecule has 0 aliphatic rings. The molecule has 12 heavy (non-hydrogen) atoms. The van der Waals surface area contributed by atoms with Crippen LogP contribution in [0.2, 0.25) is 0 Å². The van der Waals surface area contributed by atoms with Crippen LogP contribution in [0, 0.1) is 5.92 Å². The minimum atomic E-state index is 0.121. The van der Waals surface area contributed by atoms with Crippen LogP contribution in [0.1, 0.15) is 27.2 Å². The highest BCUT2D eigenvalue weighted by molar-refractivity contribution is 9.09. The second kappa shape index (κ2) is 6.46. The van der Waals surface area contributed by atoms with Crippen LogP contribution >= 0.6 is 15.9 Å². The van der Waals surface area contributed by atoms with Crippen LogP contribution in [0.5, 0.6) is 0 Å². The summed E-state index contributed by atoms with van der Waals surface area (Å²) in [4.78, 5) is 13.4. The van der Waals surface area contributed by atoms with E-state index in [-0.39, 0.29) is 11.8 Å². The number of nitrogens with zero attached hydrogens (tertiary/aromatic N) is 1. The molecule has 0 fully saturated rings. The Bertz CT molecular complexity index is 130. The molecule has 0 aromatic heterocycles. The number of halogens is 1. The van der Waals surface area contributed by atoms with E-state index in [1.165, 1.54) is 0 Å². The molecule has 0 N–H and O–H groups in total. The van der Waals surface area contributed by atoms with Crippen molar-refractivity contribution in [3.8, 4) is 0 Å². The van der Waals surface area contributed by atoms with Gasteiger partial charge in [0.15, 0.2) is 0 Å². The van der Waals surface area contributed by atoms with E-state index in [0.29, 0.717) is 0 Å². The Balaban J connectivity index is 3.99. The van der Waals surface area contributed by atoms with Gasteiger partial charge in [0.2, 0.25) is 5.91 Å². The van der Waals surface area contributed by atoms with Gasteiger partial charge in [0, 0.05) is 24.3 Å². The Kier molecular flexibility index (Phi) is 6.44. The molecule has 0 radical (unpaired) electrons. The van der Waals surface area contributed by atoms with E-state index >= 15 is 0 Å². The standard InChI is InChI=1S/C9H18BrNO/c1-4-6-11(7-5-10)9(12)8(2)3/h8H,4-7H2,1-3H3. The number of hydrogen-bond acceptors (Lipinski definition) is 1. The van der Waals surface area contributed by atoms with Gasteiger partial charge in [0.1, 0.15) is 0 Å². The fraction of sp³-hybridized carbons (Fsp3) is 0.889. The largest absolute Gasteiger partial charge is 0.342 e. The van der Waals surface area contributed by atoms with Gasteiger partial charge >= 0.3 is 0 Å². The van der Waals surface area contributed by atoms with Gasteiger partial charge in [-0.1, -0.05) is 36.7 Å². The van der Waals surface area contributed by atoms with Gasteiger partial charge in [-0.3, -0.25) is 4.79 Å². The van der Waals surface area contributed by atoms with Crippen LogP contribution in [0.4, 0.5) is 0 Å². The van der Waals surface area contributed by atoms with Crippen LogP contribution in [-0.2, 0) is 4.79 Å². The van der Waals surface area contributed by atoms with E-state index in [0.717, 1.165) is 24.8 Å². The van der Waals surface area contributed by atoms with Gasteiger partial charge in [0.05, 0.1) is 0 Å². The quantitative estimate of drug-likeness (QED) is 0.670. The molecule has 0 saturated carbocycles. The first-order valence-electron chi connectivity index (χ1n) is 4.48. The van der Waals surface area contributed by atoms with Crippen molar-refractivity contribution >= 4 is 21.8 Å². The first-order chi connectivity index (χ1) is 5.63. The average Bonchev–Trinajstić information content (AvgIpc) is 2.03. The van der Waals surface area contributed by atoms with Crippen LogP contribution in [0.15, 0.2) is 0 Å². The summed E-state index contributed by atoms with van der Waals surface area (Å²) < 4.78 is 0. The summed E-state index contributed by atoms with van der Waals surface area (Å²) in [5.41, 5.74) is 0. The molecule has 72 valence electrons. The minimum Gasteiger partial charge on any atom is -0.342 e. The maximum Gasteiger partial charge on any atom is 0.225 e. The minimum absolute atomic E-state index is 0.121. The Morgan fingerprint density at radius 3 is 2.33 bits per heavy atom. The number of carbonyl (C=O) groups excluding carboxylic acids is 1. The van der Waals surface area contributed by atoms with E-state index in [9.17, 15) is 4.79 Å². The van der Waals surface area contributed by atoms with Crippen molar-refractivity contribution < 1.29 is 4.79 Å². The molecule has 0 unspecified atom stereocenters. The molecular weight excluding hydrogens is 218 g/mol. The van der Waals surface area contributed by atoms with Crippen LogP contribution in [0.3, 0.4) is 0 Å². The molecule has 0 aliphatic heterocycles. The molecule has 2 nitrogen and oxygen atoms in total. The molecule has 0 rings (SSSR count). The van der Waals surface area contributed by atoms with Gasteiger partial charge in [0.25, 0.3) is 0 Å². The zero-order valence-corrected chi connectivity index (χ0v) is 9.73. The summed E-state index contributed by atoms with van der Waals surface area (Å²) in [5.74, 6) is 0.381. The SMILES string of the molecule is CCCN(CCBr)C(=O)C(C)C. The summed E-state index contributed by atoms with van der Waals surface area (Å²) in [6, 6.07) is 0. The van der Waals surface area contributed by atoms with E-state index in [4.69, 9.17) is 0 Å². The molecule has 0 atom stereocenters. The van der Waals surface area contributed by atoms with Crippen molar-refractivity contribution in [3.63, 3.8) is 0 Å². The van der Waals surface area contributed by atoms with Crippen LogP contribution < -0.4 is 0 Å². The first kappa shape index (κ1) is 11.9. The van der Waals surface area contributed by atoms with E-state index in [2.05, 4.69) is 22.9 Å². The summed E-state index contributed by atoms with van der Waals surface area (Å²) in [7, 11) is 0. The molecule has 3 heteroatoms. The number of amides is 1. The van der Waals surface area contributed by atoms with Crippen molar-refractivity contribution in [1.82, 2.24) is 4.90 Å². The highest BCUT2D eigenvalue weighted by Gasteiger charge is 2.14. The number of hydrogen-bond donors (Lipinski definition) is 0. The summed E-state index contributed by atoms with van der Waals surface area (Å²) in [6.07, 6.45) is 1.03. The van der Waals surface area contributed by atoms with Gasteiger partial charge in [-0.2, -0.15) is 0 Å². The molecule has 0 saturated heterocycles. The number of rotatable bonds is 5. The molecule has 0 heterocycles. The monoisotopic (exact) mass is 235 g/mol. The lowest BCUT2D eigenvalue weighted by atomic mass is 10.2. The van der Waals surface area contributed by atoms with Gasteiger partial charge < -0.3 is 4.90 Å². The fourth-order valence-electron chi connectivity index (χ4n) is 1.07. The molecule has 0 aliphatic carbocycles. The molecule has 0 spiro atoms. The molecular formula is C9H18BrNO. The maximum absolute atomic E-state index is 11.5. The van der Waals surface area contributed by atoms with Crippen LogP contribution in [0.25, 0.3) is 0 Å². The van der Waals surface area contributed by atoms with Crippen molar-refractivity contribution in [2.75, 3.05) is 18.4 Å². The highest BCUT2D eigenvalue weighted by Crippen LogP contribution is 2.02. The predicted octanol–water partition coefficient (Wildman–Crippen LogP) is 2.28. The Morgan fingerprint density at radius 1 is 1.42 bits per heavy atom. The third-order valence-corrected chi connectivity index (χ3v) is 2.01. The Hall–Kier alpha value is -0.0500. The lowest BCUT2D eigenvalue weighted by Gasteiger charge is -2.22. The third-order valence-electron chi connectivity index (χ3n) is 1.65. The first-order valence-corrected chi connectivity index (χ1v) is 5.60. The zero-order valence-electron chi connectivity index (χ0n) is 8.14. The van der Waals surface area contributed by atoms with Crippen molar-refractivity contribution in [1.29, 1.82) is 0 Å². The average molecular weight is 236 g/mol. The second-order valence-corrected chi connectivity index (χ2v) is 3.96. The van der Waals surface area contributed by atoms with Crippen molar-refractivity contribution in [3.05, 3.63) is 0 Å². The summed E-state index contributed by atoms with van der Waals surface area (Å²) >= 11 is 3.34. The molecule has 0 bridgehead atoms. The number of alkyl halides is 1. The normalized spacial score (nSPS) is 10.4. The fourth-order valence-corrected chi connectivity index (χ4v) is 1.50. The molecule has 0 aromatic carbocycles. The summed E-state index contributed by atoms with van der Waals surface area (Å²) in [5, 5.41) is 0.867. The third kappa shape index (κ3) is 4.10. The maximum atomic E-state index is 11.5. The Morgan fingerprint density at radius 2 is 2.00 bits per heavy atom. The second-order valence-electron chi connectivity index (χ2n) is 3.17. The lowest BCUT2D eigenvalue weighted by Crippen LogP contribution is -2.36. The van der Waals surface area contributed by atoms with Crippen molar-refractivity contribution in [2.45, 2.75) is 27.2 Å². The van der Waals surface area contributed by atoms with Crippen LogP contribution in [-0.4, -0.2) is 29.2 Å². The zero-order chi connectivity index (χ0) is 9.56. The van der Waals surface area contributed by atoms with E-state index in [1.54, 1.807) is 0 Å². The van der Waals surface area contributed by atoms with Crippen molar-refractivity contribution in [2.24, 2.45) is 5.92 Å². The molecule has 1 amide bonds. The summed E-state index contributed by atoms with van der Waals surface area (Å²) in [6.45, 7) is 7.68. The predicted molar refractivity (Wildman–Crippen MR) is 55.5 cm³/mol. The lowest BCUT2D eigenvalue weighted by molar-refractivity contribution is -0.134. The van der Waals surface area contributed by atoms with Gasteiger partial charge in [-0.15, -0.1) is 0 Å². The van der Waals surface area contributed by atoms with E-state index < -0.39 is 0 Å². The Labute approximate surface area is 83.4 Å². The van der Waals surface area contributed by atoms with Gasteiger partial charge in [-0.05, 0) is 6.42 Å². The highest BCUT2D eigenvalue weighted by atomic mass is 79.9. The number of carbonyl (C=O) groups is 1. The topological polar surface area (TPSA) is 20.3 Å².